The van der Waals surface area contributed by atoms with Crippen molar-refractivity contribution in [2.45, 2.75) is 26.3 Å². The molecule has 1 N–H and O–H groups in total. The summed E-state index contributed by atoms with van der Waals surface area (Å²) < 4.78 is 5.77. The molecular weight excluding hydrogens is 238 g/mol. The van der Waals surface area contributed by atoms with Crippen LogP contribution in [0.4, 0.5) is 0 Å². The van der Waals surface area contributed by atoms with Crippen molar-refractivity contribution in [1.82, 2.24) is 15.3 Å². The Morgan fingerprint density at radius 1 is 1.26 bits per heavy atom. The van der Waals surface area contributed by atoms with E-state index in [0.29, 0.717) is 0 Å². The van der Waals surface area contributed by atoms with Gasteiger partial charge >= 0.3 is 0 Å². The van der Waals surface area contributed by atoms with E-state index in [-0.39, 0.29) is 6.04 Å². The van der Waals surface area contributed by atoms with E-state index in [2.05, 4.69) is 22.2 Å². The van der Waals surface area contributed by atoms with Crippen LogP contribution in [0.25, 0.3) is 0 Å². The fraction of sp³-hybridized carbons (Fsp3) is 0.333. The smallest absolute Gasteiger partial charge is 0.148 e. The minimum absolute atomic E-state index is 0.286. The summed E-state index contributed by atoms with van der Waals surface area (Å²) >= 11 is 0. The van der Waals surface area contributed by atoms with Crippen molar-refractivity contribution in [3.05, 3.63) is 48.0 Å². The van der Waals surface area contributed by atoms with Crippen LogP contribution in [0, 0.1) is 6.92 Å². The van der Waals surface area contributed by atoms with Crippen molar-refractivity contribution in [2.24, 2.45) is 0 Å². The van der Waals surface area contributed by atoms with Gasteiger partial charge < -0.3 is 10.1 Å². The molecule has 2 aromatic rings. The number of nitrogens with zero attached hydrogens (tertiary/aromatic N) is 2. The fourth-order valence-corrected chi connectivity index (χ4v) is 1.92. The molecule has 2 rings (SSSR count). The van der Waals surface area contributed by atoms with Crippen LogP contribution in [-0.4, -0.2) is 17.0 Å². The number of nitrogens with one attached hydrogen (secondary N) is 1. The van der Waals surface area contributed by atoms with Crippen LogP contribution in [0.1, 0.15) is 30.8 Å². The van der Waals surface area contributed by atoms with Gasteiger partial charge in [0.15, 0.2) is 0 Å². The molecule has 1 atom stereocenters. The molecule has 0 radical (unpaired) electrons. The Hall–Kier alpha value is -1.94. The second-order valence-electron chi connectivity index (χ2n) is 4.36. The summed E-state index contributed by atoms with van der Waals surface area (Å²) in [4.78, 5) is 8.63. The standard InChI is InChI=1S/C15H19N3O/c1-4-13(16-3)14-8-7-12(10-18-14)19-15-6-5-9-17-11(15)2/h5-10,13,16H,4H2,1-3H3. The molecule has 0 amide bonds. The normalized spacial score (nSPS) is 12.2. The molecule has 4 nitrogen and oxygen atoms in total. The van der Waals surface area contributed by atoms with E-state index in [1.807, 2.05) is 38.2 Å². The first kappa shape index (κ1) is 13.5. The molecule has 0 saturated carbocycles. The minimum atomic E-state index is 0.286. The minimum Gasteiger partial charge on any atom is -0.454 e. The van der Waals surface area contributed by atoms with Crippen molar-refractivity contribution in [1.29, 1.82) is 0 Å². The van der Waals surface area contributed by atoms with E-state index >= 15 is 0 Å². The highest BCUT2D eigenvalue weighted by atomic mass is 16.5. The van der Waals surface area contributed by atoms with Gasteiger partial charge in [0.05, 0.1) is 17.6 Å². The first-order chi connectivity index (χ1) is 9.24. The van der Waals surface area contributed by atoms with Crippen molar-refractivity contribution in [3.8, 4) is 11.5 Å². The largest absolute Gasteiger partial charge is 0.454 e. The zero-order valence-corrected chi connectivity index (χ0v) is 11.6. The van der Waals surface area contributed by atoms with Crippen LogP contribution in [0.3, 0.4) is 0 Å². The zero-order chi connectivity index (χ0) is 13.7. The molecular formula is C15H19N3O. The summed E-state index contributed by atoms with van der Waals surface area (Å²) in [6, 6.07) is 7.98. The lowest BCUT2D eigenvalue weighted by Gasteiger charge is -2.13. The maximum atomic E-state index is 5.77. The third-order valence-electron chi connectivity index (χ3n) is 3.06. The molecule has 0 bridgehead atoms. The average molecular weight is 257 g/mol. The van der Waals surface area contributed by atoms with Crippen molar-refractivity contribution < 1.29 is 4.74 Å². The molecule has 100 valence electrons. The molecule has 0 aromatic carbocycles. The molecule has 0 aliphatic carbocycles. The van der Waals surface area contributed by atoms with Crippen LogP contribution < -0.4 is 10.1 Å². The number of ether oxygens (including phenoxy) is 1. The van der Waals surface area contributed by atoms with Crippen LogP contribution in [0.5, 0.6) is 11.5 Å². The number of hydrogen-bond acceptors (Lipinski definition) is 4. The third-order valence-corrected chi connectivity index (χ3v) is 3.06. The predicted octanol–water partition coefficient (Wildman–Crippen LogP) is 3.25. The van der Waals surface area contributed by atoms with Gasteiger partial charge in [0, 0.05) is 12.2 Å². The van der Waals surface area contributed by atoms with Gasteiger partial charge in [0.25, 0.3) is 0 Å². The third kappa shape index (κ3) is 3.29. The van der Waals surface area contributed by atoms with Crippen LogP contribution in [-0.2, 0) is 0 Å². The predicted molar refractivity (Wildman–Crippen MR) is 75.4 cm³/mol. The molecule has 0 fully saturated rings. The van der Waals surface area contributed by atoms with E-state index in [4.69, 9.17) is 4.74 Å². The van der Waals surface area contributed by atoms with Crippen LogP contribution >= 0.6 is 0 Å². The molecule has 0 saturated heterocycles. The fourth-order valence-electron chi connectivity index (χ4n) is 1.92. The van der Waals surface area contributed by atoms with E-state index < -0.39 is 0 Å². The summed E-state index contributed by atoms with van der Waals surface area (Å²) in [7, 11) is 1.94. The molecule has 2 aromatic heterocycles. The van der Waals surface area contributed by atoms with Gasteiger partial charge in [-0.2, -0.15) is 0 Å². The quantitative estimate of drug-likeness (QED) is 0.893. The Bertz CT molecular complexity index is 521. The van der Waals surface area contributed by atoms with E-state index in [0.717, 1.165) is 29.3 Å². The number of pyridine rings is 2. The van der Waals surface area contributed by atoms with Crippen LogP contribution in [0.15, 0.2) is 36.7 Å². The monoisotopic (exact) mass is 257 g/mol. The van der Waals surface area contributed by atoms with Gasteiger partial charge in [-0.25, -0.2) is 0 Å². The SMILES string of the molecule is CCC(NC)c1ccc(Oc2cccnc2C)cn1. The number of hydrogen-bond donors (Lipinski definition) is 1. The molecule has 19 heavy (non-hydrogen) atoms. The molecule has 0 aliphatic rings. The lowest BCUT2D eigenvalue weighted by molar-refractivity contribution is 0.471. The van der Waals surface area contributed by atoms with Gasteiger partial charge in [0.1, 0.15) is 11.5 Å². The summed E-state index contributed by atoms with van der Waals surface area (Å²) in [6.45, 7) is 4.05. The highest BCUT2D eigenvalue weighted by Crippen LogP contribution is 2.24. The second-order valence-corrected chi connectivity index (χ2v) is 4.36. The second kappa shape index (κ2) is 6.29. The number of aromatic nitrogens is 2. The molecule has 4 heteroatoms. The summed E-state index contributed by atoms with van der Waals surface area (Å²) in [5, 5.41) is 3.23. The lowest BCUT2D eigenvalue weighted by atomic mass is 10.1. The Labute approximate surface area is 113 Å². The number of aryl methyl sites for hydroxylation is 1. The Morgan fingerprint density at radius 3 is 2.68 bits per heavy atom. The summed E-state index contributed by atoms with van der Waals surface area (Å²) in [5.41, 5.74) is 1.90. The van der Waals surface area contributed by atoms with Crippen molar-refractivity contribution >= 4 is 0 Å². The molecule has 0 aliphatic heterocycles. The summed E-state index contributed by atoms with van der Waals surface area (Å²) in [5.74, 6) is 1.49. The van der Waals surface area contributed by atoms with E-state index in [1.54, 1.807) is 12.4 Å². The first-order valence-corrected chi connectivity index (χ1v) is 6.47. The molecule has 2 heterocycles. The molecule has 1 unspecified atom stereocenters. The molecule has 0 spiro atoms. The van der Waals surface area contributed by atoms with Gasteiger partial charge in [-0.05, 0) is 44.7 Å². The topological polar surface area (TPSA) is 47.0 Å². The summed E-state index contributed by atoms with van der Waals surface area (Å²) in [6.07, 6.45) is 4.51. The highest BCUT2D eigenvalue weighted by molar-refractivity contribution is 5.32. The maximum absolute atomic E-state index is 5.77. The maximum Gasteiger partial charge on any atom is 0.148 e. The zero-order valence-electron chi connectivity index (χ0n) is 11.6. The average Bonchev–Trinajstić information content (AvgIpc) is 2.44. The van der Waals surface area contributed by atoms with Crippen LogP contribution in [0.2, 0.25) is 0 Å². The van der Waals surface area contributed by atoms with Crippen molar-refractivity contribution in [2.75, 3.05) is 7.05 Å². The number of rotatable bonds is 5. The first-order valence-electron chi connectivity index (χ1n) is 6.47. The highest BCUT2D eigenvalue weighted by Gasteiger charge is 2.08. The Kier molecular flexibility index (Phi) is 4.47. The van der Waals surface area contributed by atoms with E-state index in [9.17, 15) is 0 Å². The van der Waals surface area contributed by atoms with Gasteiger partial charge in [-0.15, -0.1) is 0 Å². The Balaban J connectivity index is 2.13. The van der Waals surface area contributed by atoms with Gasteiger partial charge in [-0.3, -0.25) is 9.97 Å². The van der Waals surface area contributed by atoms with Crippen molar-refractivity contribution in [3.63, 3.8) is 0 Å². The van der Waals surface area contributed by atoms with Gasteiger partial charge in [-0.1, -0.05) is 6.92 Å². The lowest BCUT2D eigenvalue weighted by Crippen LogP contribution is -2.16. The Morgan fingerprint density at radius 2 is 2.11 bits per heavy atom. The van der Waals surface area contributed by atoms with Gasteiger partial charge in [0.2, 0.25) is 0 Å². The van der Waals surface area contributed by atoms with E-state index in [1.165, 1.54) is 0 Å².